The molecule has 1 fully saturated rings. The van der Waals surface area contributed by atoms with Crippen LogP contribution < -0.4 is 14.5 Å². The van der Waals surface area contributed by atoms with Crippen LogP contribution in [0.2, 0.25) is 0 Å². The van der Waals surface area contributed by atoms with E-state index in [4.69, 9.17) is 4.74 Å². The summed E-state index contributed by atoms with van der Waals surface area (Å²) >= 11 is 0. The molecule has 0 bridgehead atoms. The number of methoxy groups -OCH3 is 1. The first kappa shape index (κ1) is 20.7. The number of ether oxygens (including phenoxy) is 1. The molecule has 0 aliphatic carbocycles. The van der Waals surface area contributed by atoms with E-state index in [2.05, 4.69) is 6.07 Å². The quantitative estimate of drug-likeness (QED) is 0.620. The normalized spacial score (nSPS) is 16.6. The van der Waals surface area contributed by atoms with Crippen molar-refractivity contribution in [1.29, 1.82) is 0 Å². The number of hydrogen-bond acceptors (Lipinski definition) is 3. The Labute approximate surface area is 182 Å². The van der Waals surface area contributed by atoms with E-state index in [9.17, 15) is 9.59 Å². The first-order valence-corrected chi connectivity index (χ1v) is 10.3. The number of carbonyl (C=O) groups excluding carboxylic acids is 2. The fourth-order valence-electron chi connectivity index (χ4n) is 4.10. The number of hydrogen-bond donors (Lipinski definition) is 0. The molecule has 1 aliphatic heterocycles. The Kier molecular flexibility index (Phi) is 5.51. The lowest BCUT2D eigenvalue weighted by Gasteiger charge is -2.40. The second kappa shape index (κ2) is 8.26. The third kappa shape index (κ3) is 4.04. The molecule has 1 saturated heterocycles. The van der Waals surface area contributed by atoms with Crippen molar-refractivity contribution in [1.82, 2.24) is 0 Å². The summed E-state index contributed by atoms with van der Waals surface area (Å²) in [6.45, 7) is 5.98. The van der Waals surface area contributed by atoms with Gasteiger partial charge in [-0.15, -0.1) is 0 Å². The molecule has 1 atom stereocenters. The summed E-state index contributed by atoms with van der Waals surface area (Å²) in [5, 5.41) is 0. The van der Waals surface area contributed by atoms with Crippen LogP contribution in [-0.4, -0.2) is 25.5 Å². The van der Waals surface area contributed by atoms with Gasteiger partial charge in [-0.05, 0) is 73.9 Å². The van der Waals surface area contributed by atoms with Crippen LogP contribution in [0.25, 0.3) is 0 Å². The van der Waals surface area contributed by atoms with Gasteiger partial charge in [0.05, 0.1) is 7.11 Å². The lowest BCUT2D eigenvalue weighted by Crippen LogP contribution is -2.56. The highest BCUT2D eigenvalue weighted by atomic mass is 16.5. The molecule has 3 aromatic rings. The Morgan fingerprint density at radius 2 is 1.39 bits per heavy atom. The van der Waals surface area contributed by atoms with Crippen molar-refractivity contribution in [2.45, 2.75) is 26.8 Å². The number of rotatable bonds is 4. The summed E-state index contributed by atoms with van der Waals surface area (Å²) in [5.41, 5.74) is 5.40. The van der Waals surface area contributed by atoms with Crippen LogP contribution in [0.3, 0.4) is 0 Å². The molecule has 31 heavy (non-hydrogen) atoms. The first-order chi connectivity index (χ1) is 14.9. The van der Waals surface area contributed by atoms with Gasteiger partial charge in [-0.3, -0.25) is 14.5 Å². The summed E-state index contributed by atoms with van der Waals surface area (Å²) in [7, 11) is 1.60. The number of benzene rings is 3. The minimum absolute atomic E-state index is 0.00153. The first-order valence-electron chi connectivity index (χ1n) is 10.3. The predicted molar refractivity (Wildman–Crippen MR) is 123 cm³/mol. The zero-order valence-electron chi connectivity index (χ0n) is 18.3. The van der Waals surface area contributed by atoms with Crippen molar-refractivity contribution >= 4 is 23.2 Å². The molecule has 1 heterocycles. The monoisotopic (exact) mass is 414 g/mol. The molecule has 4 rings (SSSR count). The number of piperazine rings is 1. The van der Waals surface area contributed by atoms with Crippen LogP contribution in [0, 0.1) is 20.8 Å². The number of amides is 2. The summed E-state index contributed by atoms with van der Waals surface area (Å²) in [6.07, 6.45) is 0. The zero-order valence-corrected chi connectivity index (χ0v) is 18.3. The second-order valence-electron chi connectivity index (χ2n) is 8.05. The van der Waals surface area contributed by atoms with Crippen LogP contribution in [0.4, 0.5) is 11.4 Å². The molecule has 1 aliphatic rings. The molecule has 0 saturated carbocycles. The van der Waals surface area contributed by atoms with Gasteiger partial charge in [0, 0.05) is 11.4 Å². The Hall–Kier alpha value is -3.60. The molecule has 5 heteroatoms. The molecule has 0 unspecified atom stereocenters. The molecule has 0 aromatic heterocycles. The van der Waals surface area contributed by atoms with Gasteiger partial charge in [-0.25, -0.2) is 0 Å². The van der Waals surface area contributed by atoms with E-state index in [0.717, 1.165) is 33.6 Å². The molecular formula is C26H26N2O3. The van der Waals surface area contributed by atoms with Crippen LogP contribution in [0.5, 0.6) is 5.75 Å². The Bertz CT molecular complexity index is 1100. The summed E-state index contributed by atoms with van der Waals surface area (Å²) in [5.74, 6) is 0.449. The number of aryl methyl sites for hydroxylation is 3. The molecule has 3 aromatic carbocycles. The van der Waals surface area contributed by atoms with Gasteiger partial charge in [-0.1, -0.05) is 35.9 Å². The van der Waals surface area contributed by atoms with Crippen molar-refractivity contribution < 1.29 is 14.3 Å². The van der Waals surface area contributed by atoms with E-state index in [-0.39, 0.29) is 18.4 Å². The molecule has 158 valence electrons. The van der Waals surface area contributed by atoms with Gasteiger partial charge in [0.25, 0.3) is 5.91 Å². The smallest absolute Gasteiger partial charge is 0.255 e. The van der Waals surface area contributed by atoms with Gasteiger partial charge >= 0.3 is 0 Å². The van der Waals surface area contributed by atoms with Crippen LogP contribution in [0.1, 0.15) is 28.3 Å². The van der Waals surface area contributed by atoms with Crippen molar-refractivity contribution in [3.63, 3.8) is 0 Å². The van der Waals surface area contributed by atoms with E-state index < -0.39 is 6.04 Å². The number of anilines is 2. The van der Waals surface area contributed by atoms with Gasteiger partial charge in [0.1, 0.15) is 18.3 Å². The average Bonchev–Trinajstić information content (AvgIpc) is 2.75. The topological polar surface area (TPSA) is 49.9 Å². The van der Waals surface area contributed by atoms with Gasteiger partial charge in [0.15, 0.2) is 0 Å². The third-order valence-electron chi connectivity index (χ3n) is 5.58. The van der Waals surface area contributed by atoms with Gasteiger partial charge in [0.2, 0.25) is 5.91 Å². The SMILES string of the molecule is COc1ccc([C@@H]2C(=O)N(c3ccc(C)cc3)CC(=O)N2c2cc(C)cc(C)c2)cc1. The van der Waals surface area contributed by atoms with Crippen LogP contribution in [-0.2, 0) is 9.59 Å². The molecule has 2 amide bonds. The molecule has 0 spiro atoms. The van der Waals surface area contributed by atoms with Crippen LogP contribution in [0.15, 0.2) is 66.7 Å². The lowest BCUT2D eigenvalue weighted by molar-refractivity contribution is -0.128. The van der Waals surface area contributed by atoms with Crippen molar-refractivity contribution in [2.75, 3.05) is 23.5 Å². The maximum Gasteiger partial charge on any atom is 0.255 e. The van der Waals surface area contributed by atoms with Crippen LogP contribution >= 0.6 is 0 Å². The van der Waals surface area contributed by atoms with E-state index in [0.29, 0.717) is 5.75 Å². The fraction of sp³-hybridized carbons (Fsp3) is 0.231. The minimum Gasteiger partial charge on any atom is -0.497 e. The predicted octanol–water partition coefficient (Wildman–Crippen LogP) is 4.74. The highest BCUT2D eigenvalue weighted by molar-refractivity contribution is 6.14. The Morgan fingerprint density at radius 1 is 0.774 bits per heavy atom. The highest BCUT2D eigenvalue weighted by Crippen LogP contribution is 2.36. The van der Waals surface area contributed by atoms with Crippen molar-refractivity contribution in [3.05, 3.63) is 89.0 Å². The zero-order chi connectivity index (χ0) is 22.1. The van der Waals surface area contributed by atoms with E-state index in [1.54, 1.807) is 16.9 Å². The maximum absolute atomic E-state index is 13.8. The number of carbonyl (C=O) groups is 2. The van der Waals surface area contributed by atoms with E-state index in [1.165, 1.54) is 0 Å². The lowest BCUT2D eigenvalue weighted by atomic mass is 9.98. The average molecular weight is 415 g/mol. The third-order valence-corrected chi connectivity index (χ3v) is 5.58. The molecule has 5 nitrogen and oxygen atoms in total. The Morgan fingerprint density at radius 3 is 1.97 bits per heavy atom. The minimum atomic E-state index is -0.755. The molecular weight excluding hydrogens is 388 g/mol. The van der Waals surface area contributed by atoms with Crippen molar-refractivity contribution in [3.8, 4) is 5.75 Å². The van der Waals surface area contributed by atoms with E-state index >= 15 is 0 Å². The largest absolute Gasteiger partial charge is 0.497 e. The van der Waals surface area contributed by atoms with Crippen molar-refractivity contribution in [2.24, 2.45) is 0 Å². The molecule has 0 radical (unpaired) electrons. The fourth-order valence-corrected chi connectivity index (χ4v) is 4.10. The van der Waals surface area contributed by atoms with Gasteiger partial charge in [-0.2, -0.15) is 0 Å². The van der Waals surface area contributed by atoms with Gasteiger partial charge < -0.3 is 9.64 Å². The maximum atomic E-state index is 13.8. The highest BCUT2D eigenvalue weighted by Gasteiger charge is 2.42. The Balaban J connectivity index is 1.82. The summed E-state index contributed by atoms with van der Waals surface area (Å²) < 4.78 is 5.27. The summed E-state index contributed by atoms with van der Waals surface area (Å²) in [4.78, 5) is 30.4. The number of nitrogens with zero attached hydrogens (tertiary/aromatic N) is 2. The summed E-state index contributed by atoms with van der Waals surface area (Å²) in [6, 6.07) is 20.2. The van der Waals surface area contributed by atoms with E-state index in [1.807, 2.05) is 81.4 Å². The standard InChI is InChI=1S/C26H26N2O3/c1-17-5-9-21(10-6-17)27-16-24(29)28(22-14-18(2)13-19(3)15-22)25(26(27)30)20-7-11-23(31-4)12-8-20/h5-15,25H,16H2,1-4H3/t25-/m1/s1. The molecule has 0 N–H and O–H groups in total. The second-order valence-corrected chi connectivity index (χ2v) is 8.05.